The normalized spacial score (nSPS) is 11.5. The standard InChI is InChI=1S/C16H12N3.3C4H9.Sn/c1-2-6-13(7-3-1)14-9-10-16(18-12-14)19-15-8-4-5-11-17-15;3*1-3-4-2;/h1-10,12H,(H,17,18,19);3*1,3-4H2,2H3;. The molecule has 2 heterocycles. The monoisotopic (exact) mass is 537 g/mol. The van der Waals surface area contributed by atoms with Crippen LogP contribution in [0, 0.1) is 0 Å². The van der Waals surface area contributed by atoms with Gasteiger partial charge in [-0.05, 0) is 0 Å². The van der Waals surface area contributed by atoms with Crippen molar-refractivity contribution in [2.24, 2.45) is 0 Å². The van der Waals surface area contributed by atoms with Gasteiger partial charge >= 0.3 is 200 Å². The number of hydrogen-bond donors (Lipinski definition) is 1. The van der Waals surface area contributed by atoms with Crippen LogP contribution in [0.15, 0.2) is 66.9 Å². The van der Waals surface area contributed by atoms with E-state index in [4.69, 9.17) is 4.98 Å². The fraction of sp³-hybridized carbons (Fsp3) is 0.429. The molecule has 0 saturated heterocycles. The molecular weight excluding hydrogens is 497 g/mol. The Morgan fingerprint density at radius 2 is 1.31 bits per heavy atom. The van der Waals surface area contributed by atoms with E-state index < -0.39 is 18.4 Å². The van der Waals surface area contributed by atoms with Gasteiger partial charge in [0.2, 0.25) is 0 Å². The number of rotatable bonds is 13. The second-order valence-corrected chi connectivity index (χ2v) is 22.0. The van der Waals surface area contributed by atoms with Gasteiger partial charge in [-0.25, -0.2) is 0 Å². The number of anilines is 2. The molecule has 0 spiro atoms. The minimum absolute atomic E-state index is 0.853. The first-order valence-electron chi connectivity index (χ1n) is 12.5. The molecule has 3 rings (SSSR count). The van der Waals surface area contributed by atoms with Crippen LogP contribution >= 0.6 is 0 Å². The molecule has 2 aromatic heterocycles. The van der Waals surface area contributed by atoms with E-state index in [1.54, 1.807) is 0 Å². The summed E-state index contributed by atoms with van der Waals surface area (Å²) in [5.41, 5.74) is 2.32. The van der Waals surface area contributed by atoms with Crippen LogP contribution in [-0.4, -0.2) is 28.3 Å². The Morgan fingerprint density at radius 1 is 0.656 bits per heavy atom. The van der Waals surface area contributed by atoms with Gasteiger partial charge in [-0.2, -0.15) is 0 Å². The third-order valence-corrected chi connectivity index (χ3v) is 21.6. The number of nitrogens with one attached hydrogen (secondary N) is 1. The van der Waals surface area contributed by atoms with Crippen molar-refractivity contribution in [3.63, 3.8) is 0 Å². The van der Waals surface area contributed by atoms with Crippen LogP contribution in [0.4, 0.5) is 11.6 Å². The second-order valence-electron chi connectivity index (χ2n) is 8.92. The fourth-order valence-electron chi connectivity index (χ4n) is 4.50. The van der Waals surface area contributed by atoms with Crippen LogP contribution in [0.1, 0.15) is 59.3 Å². The van der Waals surface area contributed by atoms with E-state index in [1.165, 1.54) is 61.1 Å². The molecular formula is C28H39N3Sn. The van der Waals surface area contributed by atoms with E-state index in [-0.39, 0.29) is 0 Å². The van der Waals surface area contributed by atoms with Crippen molar-refractivity contribution in [1.29, 1.82) is 0 Å². The third-order valence-electron chi connectivity index (χ3n) is 6.45. The van der Waals surface area contributed by atoms with Gasteiger partial charge in [-0.1, -0.05) is 0 Å². The van der Waals surface area contributed by atoms with Crippen molar-refractivity contribution in [3.05, 3.63) is 66.9 Å². The molecule has 3 aromatic rings. The Labute approximate surface area is 199 Å². The summed E-state index contributed by atoms with van der Waals surface area (Å²) in [5, 5.41) is 3.47. The van der Waals surface area contributed by atoms with Crippen LogP contribution in [-0.2, 0) is 0 Å². The number of hydrogen-bond acceptors (Lipinski definition) is 3. The summed E-state index contributed by atoms with van der Waals surface area (Å²) >= 11 is -2.53. The number of aromatic nitrogens is 2. The van der Waals surface area contributed by atoms with E-state index in [0.717, 1.165) is 17.2 Å². The summed E-state index contributed by atoms with van der Waals surface area (Å²) < 4.78 is 5.77. The molecule has 4 heteroatoms. The molecule has 0 aliphatic carbocycles. The number of unbranched alkanes of at least 4 members (excludes halogenated alkanes) is 3. The number of benzene rings is 1. The van der Waals surface area contributed by atoms with Crippen molar-refractivity contribution in [2.75, 3.05) is 5.32 Å². The van der Waals surface area contributed by atoms with Gasteiger partial charge in [0, 0.05) is 0 Å². The molecule has 1 N–H and O–H groups in total. The zero-order valence-electron chi connectivity index (χ0n) is 20.1. The third kappa shape index (κ3) is 6.81. The Kier molecular flexibility index (Phi) is 10.0. The number of pyridine rings is 2. The maximum atomic E-state index is 5.22. The van der Waals surface area contributed by atoms with Crippen molar-refractivity contribution in [3.8, 4) is 11.1 Å². The summed E-state index contributed by atoms with van der Waals surface area (Å²) in [5.74, 6) is 1.79. The molecule has 0 aliphatic rings. The number of nitrogens with zero attached hydrogens (tertiary/aromatic N) is 2. The van der Waals surface area contributed by atoms with Crippen LogP contribution < -0.4 is 9.03 Å². The Hall–Kier alpha value is -1.88. The zero-order chi connectivity index (χ0) is 22.7. The minimum atomic E-state index is -2.53. The molecule has 0 unspecified atom stereocenters. The van der Waals surface area contributed by atoms with Crippen LogP contribution in [0.5, 0.6) is 0 Å². The van der Waals surface area contributed by atoms with Crippen molar-refractivity contribution in [1.82, 2.24) is 9.97 Å². The zero-order valence-corrected chi connectivity index (χ0v) is 23.0. The average Bonchev–Trinajstić information content (AvgIpc) is 2.85. The molecule has 0 saturated carbocycles. The Balaban J connectivity index is 1.82. The van der Waals surface area contributed by atoms with E-state index in [9.17, 15) is 0 Å². The molecule has 3 nitrogen and oxygen atoms in total. The molecule has 0 atom stereocenters. The Bertz CT molecular complexity index is 903. The predicted octanol–water partition coefficient (Wildman–Crippen LogP) is 7.94. The van der Waals surface area contributed by atoms with Gasteiger partial charge in [0.25, 0.3) is 0 Å². The van der Waals surface area contributed by atoms with Gasteiger partial charge in [-0.15, -0.1) is 0 Å². The van der Waals surface area contributed by atoms with Gasteiger partial charge < -0.3 is 0 Å². The van der Waals surface area contributed by atoms with E-state index in [1.807, 2.05) is 12.3 Å². The molecule has 0 aliphatic heterocycles. The summed E-state index contributed by atoms with van der Waals surface area (Å²) in [4.78, 5) is 9.88. The molecule has 0 radical (unpaired) electrons. The molecule has 1 aromatic carbocycles. The quantitative estimate of drug-likeness (QED) is 0.226. The maximum absolute atomic E-state index is 5.22. The van der Waals surface area contributed by atoms with Gasteiger partial charge in [0.05, 0.1) is 0 Å². The molecule has 32 heavy (non-hydrogen) atoms. The first-order chi connectivity index (χ1) is 15.7. The second kappa shape index (κ2) is 13.0. The van der Waals surface area contributed by atoms with E-state index in [2.05, 4.69) is 85.7 Å². The SMILES string of the molecule is CCC[CH2][Sn]([CH2]CCC)([CH2]CCC)[c]1cccc(Nc2ccc(-c3ccccc3)cn2)n1. The topological polar surface area (TPSA) is 37.8 Å². The fourth-order valence-corrected chi connectivity index (χ4v) is 20.0. The van der Waals surface area contributed by atoms with Crippen LogP contribution in [0.2, 0.25) is 13.3 Å². The summed E-state index contributed by atoms with van der Waals surface area (Å²) in [6.45, 7) is 6.98. The summed E-state index contributed by atoms with van der Waals surface area (Å²) in [6.07, 6.45) is 9.85. The Morgan fingerprint density at radius 3 is 1.88 bits per heavy atom. The molecule has 0 fully saturated rings. The van der Waals surface area contributed by atoms with Crippen LogP contribution in [0.25, 0.3) is 11.1 Å². The van der Waals surface area contributed by atoms with Crippen molar-refractivity contribution < 1.29 is 0 Å². The van der Waals surface area contributed by atoms with Gasteiger partial charge in [0.1, 0.15) is 0 Å². The van der Waals surface area contributed by atoms with Crippen molar-refractivity contribution in [2.45, 2.75) is 72.6 Å². The summed E-state index contributed by atoms with van der Waals surface area (Å²) in [7, 11) is 0. The molecule has 170 valence electrons. The predicted molar refractivity (Wildman–Crippen MR) is 142 cm³/mol. The first-order valence-corrected chi connectivity index (χ1v) is 19.9. The van der Waals surface area contributed by atoms with Gasteiger partial charge in [0.15, 0.2) is 0 Å². The van der Waals surface area contributed by atoms with E-state index >= 15 is 0 Å². The van der Waals surface area contributed by atoms with E-state index in [0.29, 0.717) is 0 Å². The molecule has 0 bridgehead atoms. The average molecular weight is 536 g/mol. The van der Waals surface area contributed by atoms with Gasteiger partial charge in [-0.3, -0.25) is 0 Å². The summed E-state index contributed by atoms with van der Waals surface area (Å²) in [6, 6.07) is 21.2. The first kappa shape index (κ1) is 24.8. The van der Waals surface area contributed by atoms with Crippen molar-refractivity contribution >= 4 is 33.7 Å². The molecule has 0 amide bonds. The van der Waals surface area contributed by atoms with Crippen LogP contribution in [0.3, 0.4) is 0 Å².